The third-order valence-electron chi connectivity index (χ3n) is 2.19. The first-order valence-corrected chi connectivity index (χ1v) is 6.19. The summed E-state index contributed by atoms with van der Waals surface area (Å²) in [5.74, 6) is 0.407. The number of ether oxygens (including phenoxy) is 2. The minimum Gasteiger partial charge on any atom is -0.491 e. The summed E-state index contributed by atoms with van der Waals surface area (Å²) in [6.07, 6.45) is 0.0811. The molecule has 0 saturated heterocycles. The van der Waals surface area contributed by atoms with Crippen molar-refractivity contribution in [2.75, 3.05) is 0 Å². The van der Waals surface area contributed by atoms with Crippen LogP contribution in [-0.4, -0.2) is 17.7 Å². The molecule has 3 heteroatoms. The summed E-state index contributed by atoms with van der Waals surface area (Å²) in [5.41, 5.74) is 1.04. The Morgan fingerprint density at radius 2 is 1.83 bits per heavy atom. The first-order chi connectivity index (χ1) is 8.19. The molecule has 18 heavy (non-hydrogen) atoms. The maximum absolute atomic E-state index is 11.9. The third kappa shape index (κ3) is 4.40. The predicted octanol–water partition coefficient (Wildman–Crippen LogP) is 3.74. The number of hydrogen-bond donors (Lipinski definition) is 0. The van der Waals surface area contributed by atoms with E-state index in [1.807, 2.05) is 47.6 Å². The summed E-state index contributed by atoms with van der Waals surface area (Å²) in [6, 6.07) is 5.37. The standard InChI is InChI=1S/C15H22O3/c1-10(2)17-13-9-12(8-7-11(13)3)14(16)18-15(4,5)6/h7-10H,1-6H3. The second kappa shape index (κ2) is 5.42. The molecule has 0 N–H and O–H groups in total. The van der Waals surface area contributed by atoms with Crippen LogP contribution in [0.4, 0.5) is 0 Å². The van der Waals surface area contributed by atoms with Gasteiger partial charge >= 0.3 is 5.97 Å². The highest BCUT2D eigenvalue weighted by Crippen LogP contribution is 2.22. The fourth-order valence-corrected chi connectivity index (χ4v) is 1.44. The molecule has 0 heterocycles. The van der Waals surface area contributed by atoms with Gasteiger partial charge in [-0.05, 0) is 59.2 Å². The molecule has 0 amide bonds. The summed E-state index contributed by atoms with van der Waals surface area (Å²) in [6.45, 7) is 11.4. The first-order valence-electron chi connectivity index (χ1n) is 6.19. The van der Waals surface area contributed by atoms with Crippen molar-refractivity contribution >= 4 is 5.97 Å². The number of benzene rings is 1. The molecule has 1 rings (SSSR count). The molecule has 100 valence electrons. The first kappa shape index (κ1) is 14.6. The molecule has 0 spiro atoms. The van der Waals surface area contributed by atoms with Crippen molar-refractivity contribution in [1.29, 1.82) is 0 Å². The quantitative estimate of drug-likeness (QED) is 0.767. The second-order valence-electron chi connectivity index (χ2n) is 5.65. The van der Waals surface area contributed by atoms with Gasteiger partial charge in [0.15, 0.2) is 0 Å². The van der Waals surface area contributed by atoms with Crippen LogP contribution in [-0.2, 0) is 4.74 Å². The van der Waals surface area contributed by atoms with Crippen LogP contribution in [0.3, 0.4) is 0 Å². The fraction of sp³-hybridized carbons (Fsp3) is 0.533. The minimum atomic E-state index is -0.485. The van der Waals surface area contributed by atoms with Crippen molar-refractivity contribution in [2.45, 2.75) is 53.2 Å². The normalized spacial score (nSPS) is 11.5. The lowest BCUT2D eigenvalue weighted by Gasteiger charge is -2.20. The Morgan fingerprint density at radius 1 is 1.22 bits per heavy atom. The van der Waals surface area contributed by atoms with Gasteiger partial charge in [-0.15, -0.1) is 0 Å². The van der Waals surface area contributed by atoms with Gasteiger partial charge in [-0.2, -0.15) is 0 Å². The molecule has 1 aromatic rings. The molecular formula is C15H22O3. The summed E-state index contributed by atoms with van der Waals surface area (Å²) in [7, 11) is 0. The molecule has 0 aliphatic carbocycles. The molecule has 0 aliphatic rings. The third-order valence-corrected chi connectivity index (χ3v) is 2.19. The topological polar surface area (TPSA) is 35.5 Å². The molecule has 0 saturated carbocycles. The van der Waals surface area contributed by atoms with Crippen molar-refractivity contribution < 1.29 is 14.3 Å². The van der Waals surface area contributed by atoms with Crippen LogP contribution in [0.2, 0.25) is 0 Å². The number of hydrogen-bond acceptors (Lipinski definition) is 3. The Kier molecular flexibility index (Phi) is 4.38. The van der Waals surface area contributed by atoms with E-state index in [0.717, 1.165) is 11.3 Å². The van der Waals surface area contributed by atoms with Crippen LogP contribution in [0.5, 0.6) is 5.75 Å². The van der Waals surface area contributed by atoms with Crippen LogP contribution in [0.25, 0.3) is 0 Å². The van der Waals surface area contributed by atoms with E-state index >= 15 is 0 Å². The largest absolute Gasteiger partial charge is 0.491 e. The van der Waals surface area contributed by atoms with E-state index in [-0.39, 0.29) is 12.1 Å². The van der Waals surface area contributed by atoms with Gasteiger partial charge in [0.05, 0.1) is 11.7 Å². The van der Waals surface area contributed by atoms with Gasteiger partial charge in [0, 0.05) is 0 Å². The molecule has 0 fully saturated rings. The van der Waals surface area contributed by atoms with Crippen molar-refractivity contribution in [3.8, 4) is 5.75 Å². The lowest BCUT2D eigenvalue weighted by molar-refractivity contribution is 0.00689. The van der Waals surface area contributed by atoms with E-state index in [1.54, 1.807) is 12.1 Å². The Morgan fingerprint density at radius 3 is 2.33 bits per heavy atom. The Hall–Kier alpha value is -1.51. The van der Waals surface area contributed by atoms with E-state index < -0.39 is 5.60 Å². The van der Waals surface area contributed by atoms with Gasteiger partial charge in [-0.1, -0.05) is 6.07 Å². The van der Waals surface area contributed by atoms with Crippen LogP contribution in [0.1, 0.15) is 50.5 Å². The number of rotatable bonds is 3. The number of aryl methyl sites for hydroxylation is 1. The molecule has 0 unspecified atom stereocenters. The van der Waals surface area contributed by atoms with Gasteiger partial charge in [0.2, 0.25) is 0 Å². The van der Waals surface area contributed by atoms with Gasteiger partial charge in [-0.25, -0.2) is 4.79 Å². The molecule has 0 aromatic heterocycles. The monoisotopic (exact) mass is 250 g/mol. The van der Waals surface area contributed by atoms with E-state index in [4.69, 9.17) is 9.47 Å². The maximum Gasteiger partial charge on any atom is 0.338 e. The van der Waals surface area contributed by atoms with Gasteiger partial charge < -0.3 is 9.47 Å². The lowest BCUT2D eigenvalue weighted by Crippen LogP contribution is -2.24. The Labute approximate surface area is 109 Å². The van der Waals surface area contributed by atoms with Gasteiger partial charge in [0.25, 0.3) is 0 Å². The van der Waals surface area contributed by atoms with E-state index in [2.05, 4.69) is 0 Å². The van der Waals surface area contributed by atoms with Crippen molar-refractivity contribution in [2.24, 2.45) is 0 Å². The zero-order chi connectivity index (χ0) is 13.9. The predicted molar refractivity (Wildman–Crippen MR) is 72.1 cm³/mol. The number of esters is 1. The van der Waals surface area contributed by atoms with E-state index in [9.17, 15) is 4.79 Å². The summed E-state index contributed by atoms with van der Waals surface area (Å²) >= 11 is 0. The zero-order valence-corrected chi connectivity index (χ0v) is 12.0. The smallest absolute Gasteiger partial charge is 0.338 e. The second-order valence-corrected chi connectivity index (χ2v) is 5.65. The molecule has 0 atom stereocenters. The van der Waals surface area contributed by atoms with Crippen LogP contribution in [0.15, 0.2) is 18.2 Å². The van der Waals surface area contributed by atoms with Crippen molar-refractivity contribution in [3.63, 3.8) is 0 Å². The Balaban J connectivity index is 2.94. The molecule has 0 aliphatic heterocycles. The van der Waals surface area contributed by atoms with Crippen LogP contribution in [0, 0.1) is 6.92 Å². The molecule has 1 aromatic carbocycles. The summed E-state index contributed by atoms with van der Waals surface area (Å²) in [4.78, 5) is 11.9. The highest BCUT2D eigenvalue weighted by molar-refractivity contribution is 5.90. The maximum atomic E-state index is 11.9. The minimum absolute atomic E-state index is 0.0811. The van der Waals surface area contributed by atoms with E-state index in [1.165, 1.54) is 0 Å². The lowest BCUT2D eigenvalue weighted by atomic mass is 10.1. The highest BCUT2D eigenvalue weighted by atomic mass is 16.6. The average molecular weight is 250 g/mol. The number of carbonyl (C=O) groups is 1. The van der Waals surface area contributed by atoms with Gasteiger partial charge in [-0.3, -0.25) is 0 Å². The van der Waals surface area contributed by atoms with E-state index in [0.29, 0.717) is 5.56 Å². The summed E-state index contributed by atoms with van der Waals surface area (Å²) < 4.78 is 11.0. The SMILES string of the molecule is Cc1ccc(C(=O)OC(C)(C)C)cc1OC(C)C. The summed E-state index contributed by atoms with van der Waals surface area (Å²) in [5, 5.41) is 0. The molecule has 3 nitrogen and oxygen atoms in total. The fourth-order valence-electron chi connectivity index (χ4n) is 1.44. The molecule has 0 radical (unpaired) electrons. The Bertz CT molecular complexity index is 428. The average Bonchev–Trinajstić information content (AvgIpc) is 2.17. The number of carbonyl (C=O) groups excluding carboxylic acids is 1. The van der Waals surface area contributed by atoms with Crippen LogP contribution < -0.4 is 4.74 Å². The molecule has 0 bridgehead atoms. The zero-order valence-electron chi connectivity index (χ0n) is 12.0. The van der Waals surface area contributed by atoms with Crippen molar-refractivity contribution in [3.05, 3.63) is 29.3 Å². The van der Waals surface area contributed by atoms with Crippen molar-refractivity contribution in [1.82, 2.24) is 0 Å². The highest BCUT2D eigenvalue weighted by Gasteiger charge is 2.18. The van der Waals surface area contributed by atoms with Gasteiger partial charge in [0.1, 0.15) is 11.4 Å². The molecular weight excluding hydrogens is 228 g/mol. The van der Waals surface area contributed by atoms with Crippen LogP contribution >= 0.6 is 0 Å².